The molecular weight excluding hydrogens is 332 g/mol. The molecule has 0 radical (unpaired) electrons. The minimum Gasteiger partial charge on any atom is -0.492 e. The molecule has 4 rings (SSSR count). The van der Waals surface area contributed by atoms with Crippen molar-refractivity contribution in [3.8, 4) is 5.75 Å². The zero-order valence-corrected chi connectivity index (χ0v) is 15.1. The fraction of sp³-hybridized carbons (Fsp3) is 0.381. The summed E-state index contributed by atoms with van der Waals surface area (Å²) in [5, 5.41) is 0.783. The summed E-state index contributed by atoms with van der Waals surface area (Å²) in [6.45, 7) is 1.93. The predicted molar refractivity (Wildman–Crippen MR) is 103 cm³/mol. The topological polar surface area (TPSA) is 47.6 Å². The summed E-state index contributed by atoms with van der Waals surface area (Å²) in [6, 6.07) is 14.7. The van der Waals surface area contributed by atoms with E-state index in [2.05, 4.69) is 24.3 Å². The third-order valence-corrected chi connectivity index (χ3v) is 5.68. The van der Waals surface area contributed by atoms with Crippen molar-refractivity contribution >= 4 is 17.3 Å². The third kappa shape index (κ3) is 2.96. The Labute approximate surface area is 153 Å². The van der Waals surface area contributed by atoms with Crippen LogP contribution in [0.25, 0.3) is 0 Å². The Hall–Kier alpha value is -1.84. The van der Waals surface area contributed by atoms with Gasteiger partial charge in [0.2, 0.25) is 0 Å². The number of hydrogen-bond donors (Lipinski definition) is 1. The Morgan fingerprint density at radius 3 is 2.60 bits per heavy atom. The first-order valence-corrected chi connectivity index (χ1v) is 9.38. The Morgan fingerprint density at radius 1 is 1.12 bits per heavy atom. The van der Waals surface area contributed by atoms with Gasteiger partial charge in [0.1, 0.15) is 12.4 Å². The van der Waals surface area contributed by atoms with Crippen molar-refractivity contribution in [1.29, 1.82) is 0 Å². The van der Waals surface area contributed by atoms with E-state index < -0.39 is 0 Å². The molecule has 130 valence electrons. The van der Waals surface area contributed by atoms with Gasteiger partial charge in [-0.15, -0.1) is 0 Å². The van der Waals surface area contributed by atoms with Crippen molar-refractivity contribution in [3.05, 3.63) is 64.2 Å². The summed E-state index contributed by atoms with van der Waals surface area (Å²) in [7, 11) is 0. The Bertz CT molecular complexity index is 794. The summed E-state index contributed by atoms with van der Waals surface area (Å²) < 4.78 is 5.70. The lowest BCUT2D eigenvalue weighted by Gasteiger charge is -2.45. The molecule has 1 heterocycles. The van der Waals surface area contributed by atoms with Crippen LogP contribution < -0.4 is 10.5 Å². The monoisotopic (exact) mass is 354 g/mol. The van der Waals surface area contributed by atoms with Crippen molar-refractivity contribution in [2.45, 2.75) is 31.1 Å². The van der Waals surface area contributed by atoms with Gasteiger partial charge in [-0.1, -0.05) is 30.2 Å². The standard InChI is InChI=1S/C21H23ClN2O/c22-17-4-2-16(3-5-17)21(9-1-10-21)20-19-7-6-18(25-13-11-23)14-15(19)8-12-24-20/h2-7,14H,1,8-13,23H2. The second-order valence-electron chi connectivity index (χ2n) is 6.88. The van der Waals surface area contributed by atoms with Crippen LogP contribution in [0.15, 0.2) is 47.5 Å². The molecule has 0 atom stereocenters. The van der Waals surface area contributed by atoms with E-state index >= 15 is 0 Å². The molecular formula is C21H23ClN2O. The molecule has 0 aromatic heterocycles. The molecule has 0 saturated heterocycles. The molecule has 1 saturated carbocycles. The molecule has 2 aromatic rings. The molecule has 25 heavy (non-hydrogen) atoms. The largest absolute Gasteiger partial charge is 0.492 e. The highest BCUT2D eigenvalue weighted by atomic mass is 35.5. The quantitative estimate of drug-likeness (QED) is 0.877. The van der Waals surface area contributed by atoms with Crippen LogP contribution in [0.1, 0.15) is 36.0 Å². The van der Waals surface area contributed by atoms with Crippen LogP contribution in [0.5, 0.6) is 5.75 Å². The van der Waals surface area contributed by atoms with Gasteiger partial charge in [0.15, 0.2) is 0 Å². The van der Waals surface area contributed by atoms with E-state index in [0.717, 1.165) is 36.6 Å². The highest BCUT2D eigenvalue weighted by molar-refractivity contribution is 6.30. The number of aliphatic imine (C=N–C) groups is 1. The summed E-state index contributed by atoms with van der Waals surface area (Å²) in [4.78, 5) is 4.98. The van der Waals surface area contributed by atoms with Gasteiger partial charge in [-0.25, -0.2) is 0 Å². The summed E-state index contributed by atoms with van der Waals surface area (Å²) in [5.41, 5.74) is 10.8. The molecule has 0 bridgehead atoms. The van der Waals surface area contributed by atoms with Crippen LogP contribution in [0.2, 0.25) is 5.02 Å². The van der Waals surface area contributed by atoms with Gasteiger partial charge in [-0.05, 0) is 66.3 Å². The maximum absolute atomic E-state index is 6.10. The lowest BCUT2D eigenvalue weighted by molar-refractivity contribution is 0.327. The number of fused-ring (bicyclic) bond motifs is 1. The first-order chi connectivity index (χ1) is 12.2. The minimum absolute atomic E-state index is 0.0411. The molecule has 1 aliphatic carbocycles. The summed E-state index contributed by atoms with van der Waals surface area (Å²) in [5.74, 6) is 0.902. The van der Waals surface area contributed by atoms with Gasteiger partial charge >= 0.3 is 0 Å². The Morgan fingerprint density at radius 2 is 1.92 bits per heavy atom. The Balaban J connectivity index is 1.71. The van der Waals surface area contributed by atoms with E-state index in [4.69, 9.17) is 27.1 Å². The van der Waals surface area contributed by atoms with E-state index in [1.54, 1.807) is 0 Å². The molecule has 4 heteroatoms. The number of rotatable bonds is 5. The highest BCUT2D eigenvalue weighted by Gasteiger charge is 2.44. The third-order valence-electron chi connectivity index (χ3n) is 5.43. The molecule has 0 unspecified atom stereocenters. The fourth-order valence-electron chi connectivity index (χ4n) is 4.02. The van der Waals surface area contributed by atoms with Crippen molar-refractivity contribution in [3.63, 3.8) is 0 Å². The van der Waals surface area contributed by atoms with Gasteiger partial charge in [0, 0.05) is 23.5 Å². The predicted octanol–water partition coefficient (Wildman–Crippen LogP) is 4.14. The lowest BCUT2D eigenvalue weighted by atomic mass is 9.59. The van der Waals surface area contributed by atoms with Gasteiger partial charge in [-0.3, -0.25) is 4.99 Å². The Kier molecular flexibility index (Phi) is 4.53. The number of ether oxygens (including phenoxy) is 1. The van der Waals surface area contributed by atoms with E-state index in [1.807, 2.05) is 18.2 Å². The van der Waals surface area contributed by atoms with Gasteiger partial charge in [0.25, 0.3) is 0 Å². The van der Waals surface area contributed by atoms with Crippen LogP contribution >= 0.6 is 11.6 Å². The summed E-state index contributed by atoms with van der Waals surface area (Å²) >= 11 is 6.10. The second kappa shape index (κ2) is 6.81. The average Bonchev–Trinajstić information content (AvgIpc) is 2.60. The van der Waals surface area contributed by atoms with Crippen LogP contribution in [-0.2, 0) is 11.8 Å². The van der Waals surface area contributed by atoms with Crippen LogP contribution in [0.4, 0.5) is 0 Å². The van der Waals surface area contributed by atoms with E-state index in [1.165, 1.54) is 28.8 Å². The zero-order chi connectivity index (χ0) is 17.3. The first kappa shape index (κ1) is 16.6. The number of hydrogen-bond acceptors (Lipinski definition) is 3. The number of nitrogens with zero attached hydrogens (tertiary/aromatic N) is 1. The van der Waals surface area contributed by atoms with Gasteiger partial charge in [-0.2, -0.15) is 0 Å². The molecule has 2 aromatic carbocycles. The number of nitrogens with two attached hydrogens (primary N) is 1. The normalized spacial score (nSPS) is 18.1. The average molecular weight is 355 g/mol. The maximum atomic E-state index is 6.10. The van der Waals surface area contributed by atoms with Crippen molar-refractivity contribution in [1.82, 2.24) is 0 Å². The summed E-state index contributed by atoms with van der Waals surface area (Å²) in [6.07, 6.45) is 4.51. The van der Waals surface area contributed by atoms with E-state index in [9.17, 15) is 0 Å². The SMILES string of the molecule is NCCOc1ccc2c(c1)CCN=C2C1(c2ccc(Cl)cc2)CCC1. The zero-order valence-electron chi connectivity index (χ0n) is 14.3. The minimum atomic E-state index is 0.0411. The molecule has 2 aliphatic rings. The first-order valence-electron chi connectivity index (χ1n) is 9.00. The molecule has 3 nitrogen and oxygen atoms in total. The van der Waals surface area contributed by atoms with Crippen LogP contribution in [-0.4, -0.2) is 25.4 Å². The molecule has 1 aliphatic heterocycles. The number of benzene rings is 2. The van der Waals surface area contributed by atoms with E-state index in [0.29, 0.717) is 13.2 Å². The van der Waals surface area contributed by atoms with Crippen LogP contribution in [0.3, 0.4) is 0 Å². The number of halogens is 1. The molecule has 2 N–H and O–H groups in total. The molecule has 1 fully saturated rings. The highest BCUT2D eigenvalue weighted by Crippen LogP contribution is 2.48. The fourth-order valence-corrected chi connectivity index (χ4v) is 4.14. The van der Waals surface area contributed by atoms with Gasteiger partial charge < -0.3 is 10.5 Å². The van der Waals surface area contributed by atoms with Crippen LogP contribution in [0, 0.1) is 0 Å². The van der Waals surface area contributed by atoms with Crippen molar-refractivity contribution in [2.24, 2.45) is 10.7 Å². The van der Waals surface area contributed by atoms with E-state index in [-0.39, 0.29) is 5.41 Å². The second-order valence-corrected chi connectivity index (χ2v) is 7.32. The lowest BCUT2D eigenvalue weighted by Crippen LogP contribution is -2.44. The van der Waals surface area contributed by atoms with Crippen molar-refractivity contribution in [2.75, 3.05) is 19.7 Å². The van der Waals surface area contributed by atoms with Crippen molar-refractivity contribution < 1.29 is 4.74 Å². The molecule has 0 spiro atoms. The molecule has 0 amide bonds. The van der Waals surface area contributed by atoms with Gasteiger partial charge in [0.05, 0.1) is 5.71 Å². The smallest absolute Gasteiger partial charge is 0.119 e. The maximum Gasteiger partial charge on any atom is 0.119 e.